The number of aromatic amines is 1. The predicted molar refractivity (Wildman–Crippen MR) is 164 cm³/mol. The molecule has 1 aliphatic rings. The highest BCUT2D eigenvalue weighted by Gasteiger charge is 2.29. The second kappa shape index (κ2) is 16.4. The fourth-order valence-electron chi connectivity index (χ4n) is 6.09. The molecule has 6 radical (unpaired) electrons. The van der Waals surface area contributed by atoms with E-state index in [0.29, 0.717) is 23.8 Å². The second-order valence-corrected chi connectivity index (χ2v) is 11.4. The van der Waals surface area contributed by atoms with Crippen molar-refractivity contribution >= 4 is 56.7 Å². The summed E-state index contributed by atoms with van der Waals surface area (Å²) in [5, 5.41) is 11.0. The van der Waals surface area contributed by atoms with Crippen LogP contribution in [-0.2, 0) is 11.2 Å². The molecule has 1 atom stereocenters. The summed E-state index contributed by atoms with van der Waals surface area (Å²) in [5.74, 6) is 0.102. The Hall–Kier alpha value is -1.78. The van der Waals surface area contributed by atoms with Crippen LogP contribution in [0.4, 0.5) is 0 Å². The standard InChI is InChI=1S/C31H47B3N2O2/c1-2-3-4-5-6-7-8-9-10-11-12-13-14-15-16-19-25(37)36-20-17-18-24(36)21-23-22-35-30-26(23)27(32)31(38)29(34)28(30)33/h22,24,35,38H,2-21H2,1H3. The first kappa shape index (κ1) is 30.8. The molecular weight excluding hydrogens is 465 g/mol. The lowest BCUT2D eigenvalue weighted by Crippen LogP contribution is -2.37. The maximum absolute atomic E-state index is 13.0. The number of H-pyrrole nitrogens is 1. The van der Waals surface area contributed by atoms with E-state index < -0.39 is 0 Å². The Labute approximate surface area is 235 Å². The van der Waals surface area contributed by atoms with E-state index in [4.69, 9.17) is 23.5 Å². The molecule has 7 heteroatoms. The van der Waals surface area contributed by atoms with Gasteiger partial charge in [-0.15, -0.1) is 0 Å². The summed E-state index contributed by atoms with van der Waals surface area (Å²) in [6.45, 7) is 3.10. The maximum atomic E-state index is 13.0. The molecule has 1 aromatic carbocycles. The number of unbranched alkanes of at least 4 members (excludes halogenated alkanes) is 14. The van der Waals surface area contributed by atoms with Crippen LogP contribution in [-0.4, -0.2) is 57.0 Å². The molecule has 1 unspecified atom stereocenters. The van der Waals surface area contributed by atoms with E-state index in [-0.39, 0.29) is 28.6 Å². The Morgan fingerprint density at radius 2 is 1.42 bits per heavy atom. The Kier molecular flexibility index (Phi) is 13.2. The number of fused-ring (bicyclic) bond motifs is 1. The number of amides is 1. The SMILES string of the molecule is [B]c1c(O)c([B])c2c(CC3CCCN3C(=O)CCCCCCCCCCCCCCCCC)c[nH]c2c1[B]. The molecule has 0 aliphatic carbocycles. The normalized spacial score (nSPS) is 15.6. The van der Waals surface area contributed by atoms with Gasteiger partial charge in [0.15, 0.2) is 0 Å². The van der Waals surface area contributed by atoms with Gasteiger partial charge in [-0.05, 0) is 42.1 Å². The third-order valence-electron chi connectivity index (χ3n) is 8.45. The Bertz CT molecular complexity index is 1010. The minimum absolute atomic E-state index is 0.101. The molecule has 1 saturated heterocycles. The molecule has 202 valence electrons. The number of hydrogen-bond acceptors (Lipinski definition) is 2. The summed E-state index contributed by atoms with van der Waals surface area (Å²) in [7, 11) is 18.2. The number of phenols is 1. The molecule has 1 aliphatic heterocycles. The van der Waals surface area contributed by atoms with Crippen LogP contribution in [0.15, 0.2) is 6.20 Å². The summed E-state index contributed by atoms with van der Waals surface area (Å²) in [4.78, 5) is 18.2. The van der Waals surface area contributed by atoms with Crippen LogP contribution in [0.1, 0.15) is 128 Å². The van der Waals surface area contributed by atoms with Crippen molar-refractivity contribution in [1.29, 1.82) is 0 Å². The molecule has 2 heterocycles. The van der Waals surface area contributed by atoms with Gasteiger partial charge in [-0.3, -0.25) is 4.79 Å². The van der Waals surface area contributed by atoms with Gasteiger partial charge < -0.3 is 15.0 Å². The number of nitrogens with zero attached hydrogens (tertiary/aromatic N) is 1. The average molecular weight is 512 g/mol. The third-order valence-corrected chi connectivity index (χ3v) is 8.45. The molecule has 0 spiro atoms. The molecule has 2 aromatic rings. The van der Waals surface area contributed by atoms with Crippen LogP contribution in [0.25, 0.3) is 10.9 Å². The van der Waals surface area contributed by atoms with Crippen LogP contribution < -0.4 is 16.4 Å². The highest BCUT2D eigenvalue weighted by molar-refractivity contribution is 6.57. The van der Waals surface area contributed by atoms with Crippen molar-refractivity contribution in [1.82, 2.24) is 9.88 Å². The van der Waals surface area contributed by atoms with Gasteiger partial charge in [-0.1, -0.05) is 108 Å². The smallest absolute Gasteiger partial charge is 0.222 e. The van der Waals surface area contributed by atoms with E-state index in [0.717, 1.165) is 43.2 Å². The molecule has 0 saturated carbocycles. The fraction of sp³-hybridized carbons (Fsp3) is 0.710. The number of phenolic OH excluding ortho intramolecular Hbond substituents is 1. The van der Waals surface area contributed by atoms with Gasteiger partial charge in [0, 0.05) is 30.7 Å². The zero-order valence-corrected chi connectivity index (χ0v) is 23.8. The first-order valence-electron chi connectivity index (χ1n) is 15.4. The Morgan fingerprint density at radius 3 is 2.00 bits per heavy atom. The Balaban J connectivity index is 1.30. The molecule has 38 heavy (non-hydrogen) atoms. The van der Waals surface area contributed by atoms with E-state index in [2.05, 4.69) is 16.8 Å². The van der Waals surface area contributed by atoms with Crippen molar-refractivity contribution in [2.75, 3.05) is 6.54 Å². The van der Waals surface area contributed by atoms with Crippen molar-refractivity contribution in [3.8, 4) is 5.75 Å². The van der Waals surface area contributed by atoms with Crippen molar-refractivity contribution in [3.63, 3.8) is 0 Å². The second-order valence-electron chi connectivity index (χ2n) is 11.4. The first-order valence-corrected chi connectivity index (χ1v) is 15.4. The number of aromatic hydroxyl groups is 1. The number of carbonyl (C=O) groups excluding carboxylic acids is 1. The summed E-state index contributed by atoms with van der Waals surface area (Å²) in [6.07, 6.45) is 25.1. The molecule has 1 aromatic heterocycles. The fourth-order valence-corrected chi connectivity index (χ4v) is 6.09. The summed E-state index contributed by atoms with van der Waals surface area (Å²) >= 11 is 0. The lowest BCUT2D eigenvalue weighted by molar-refractivity contribution is -0.132. The minimum atomic E-state index is -0.164. The van der Waals surface area contributed by atoms with E-state index in [1.54, 1.807) is 0 Å². The van der Waals surface area contributed by atoms with Gasteiger partial charge in [0.1, 0.15) is 29.3 Å². The molecule has 1 amide bonds. The molecule has 3 rings (SSSR count). The molecular formula is C31H47B3N2O2. The highest BCUT2D eigenvalue weighted by atomic mass is 16.3. The zero-order valence-electron chi connectivity index (χ0n) is 23.8. The highest BCUT2D eigenvalue weighted by Crippen LogP contribution is 2.26. The van der Waals surface area contributed by atoms with Crippen LogP contribution >= 0.6 is 0 Å². The van der Waals surface area contributed by atoms with Crippen LogP contribution in [0, 0.1) is 0 Å². The van der Waals surface area contributed by atoms with Gasteiger partial charge in [-0.2, -0.15) is 0 Å². The van der Waals surface area contributed by atoms with Crippen LogP contribution in [0.2, 0.25) is 0 Å². The summed E-state index contributed by atoms with van der Waals surface area (Å²) in [6, 6.07) is 0.151. The summed E-state index contributed by atoms with van der Waals surface area (Å²) < 4.78 is 0. The van der Waals surface area contributed by atoms with E-state index in [1.165, 1.54) is 83.5 Å². The van der Waals surface area contributed by atoms with Crippen molar-refractivity contribution in [2.24, 2.45) is 0 Å². The molecule has 1 fully saturated rings. The maximum Gasteiger partial charge on any atom is 0.222 e. The Morgan fingerprint density at radius 1 is 0.868 bits per heavy atom. The zero-order chi connectivity index (χ0) is 27.3. The third kappa shape index (κ3) is 8.61. The van der Waals surface area contributed by atoms with Gasteiger partial charge in [0.2, 0.25) is 5.91 Å². The number of benzene rings is 1. The minimum Gasteiger partial charge on any atom is -0.509 e. The quantitative estimate of drug-likeness (QED) is 0.217. The molecule has 2 N–H and O–H groups in total. The van der Waals surface area contributed by atoms with Crippen molar-refractivity contribution < 1.29 is 9.90 Å². The number of aromatic nitrogens is 1. The lowest BCUT2D eigenvalue weighted by Gasteiger charge is -2.25. The molecule has 0 bridgehead atoms. The van der Waals surface area contributed by atoms with E-state index >= 15 is 0 Å². The van der Waals surface area contributed by atoms with Crippen molar-refractivity contribution in [3.05, 3.63) is 11.8 Å². The number of likely N-dealkylation sites (tertiary alicyclic amines) is 1. The lowest BCUT2D eigenvalue weighted by atomic mass is 9.73. The first-order chi connectivity index (χ1) is 18.5. The van der Waals surface area contributed by atoms with Crippen LogP contribution in [0.3, 0.4) is 0 Å². The topological polar surface area (TPSA) is 56.3 Å². The van der Waals surface area contributed by atoms with Crippen molar-refractivity contribution in [2.45, 2.75) is 135 Å². The van der Waals surface area contributed by atoms with E-state index in [9.17, 15) is 9.90 Å². The van der Waals surface area contributed by atoms with Gasteiger partial charge >= 0.3 is 0 Å². The molecule has 4 nitrogen and oxygen atoms in total. The average Bonchev–Trinajstić information content (AvgIpc) is 3.56. The largest absolute Gasteiger partial charge is 0.509 e. The number of nitrogens with one attached hydrogen (secondary N) is 1. The summed E-state index contributed by atoms with van der Waals surface area (Å²) in [5.41, 5.74) is 2.28. The van der Waals surface area contributed by atoms with Gasteiger partial charge in [0.25, 0.3) is 0 Å². The van der Waals surface area contributed by atoms with Crippen LogP contribution in [0.5, 0.6) is 5.75 Å². The monoisotopic (exact) mass is 512 g/mol. The number of rotatable bonds is 18. The van der Waals surface area contributed by atoms with Gasteiger partial charge in [0.05, 0.1) is 0 Å². The predicted octanol–water partition coefficient (Wildman–Crippen LogP) is 5.05. The van der Waals surface area contributed by atoms with E-state index in [1.807, 2.05) is 6.20 Å². The number of carbonyl (C=O) groups is 1. The number of hydrogen-bond donors (Lipinski definition) is 2. The van der Waals surface area contributed by atoms with Gasteiger partial charge in [-0.25, -0.2) is 0 Å².